The zero-order chi connectivity index (χ0) is 17.9. The molecule has 3 aromatic heterocycles. The van der Waals surface area contributed by atoms with Gasteiger partial charge >= 0.3 is 0 Å². The normalized spacial score (nSPS) is 17.3. The number of carbonyl (C=O) groups excluding carboxylic acids is 1. The smallest absolute Gasteiger partial charge is 0.230 e. The lowest BCUT2D eigenvalue weighted by molar-refractivity contribution is -0.120. The first-order valence-corrected chi connectivity index (χ1v) is 8.23. The lowest BCUT2D eigenvalue weighted by Crippen LogP contribution is -2.41. The molecule has 26 heavy (non-hydrogen) atoms. The summed E-state index contributed by atoms with van der Waals surface area (Å²) in [5.74, 6) is 1.47. The number of aromatic nitrogens is 7. The van der Waals surface area contributed by atoms with E-state index in [2.05, 4.69) is 45.2 Å². The van der Waals surface area contributed by atoms with E-state index in [4.69, 9.17) is 0 Å². The third kappa shape index (κ3) is 3.23. The number of hydrogen-bond acceptors (Lipinski definition) is 9. The van der Waals surface area contributed by atoms with Crippen LogP contribution < -0.4 is 10.2 Å². The zero-order valence-electron chi connectivity index (χ0n) is 14.1. The van der Waals surface area contributed by atoms with Crippen molar-refractivity contribution in [3.63, 3.8) is 0 Å². The Morgan fingerprint density at radius 3 is 2.92 bits per heavy atom. The second kappa shape index (κ2) is 6.86. The van der Waals surface area contributed by atoms with Crippen molar-refractivity contribution in [1.29, 1.82) is 0 Å². The summed E-state index contributed by atoms with van der Waals surface area (Å²) < 4.78 is 6.19. The first kappa shape index (κ1) is 16.1. The van der Waals surface area contributed by atoms with Gasteiger partial charge in [0.15, 0.2) is 11.6 Å². The molecule has 0 spiro atoms. The summed E-state index contributed by atoms with van der Waals surface area (Å²) in [7, 11) is 0. The van der Waals surface area contributed by atoms with Crippen molar-refractivity contribution >= 4 is 17.5 Å². The Balaban J connectivity index is 1.47. The van der Waals surface area contributed by atoms with Gasteiger partial charge in [0.05, 0.1) is 5.92 Å². The lowest BCUT2D eigenvalue weighted by Gasteiger charge is -2.32. The van der Waals surface area contributed by atoms with Gasteiger partial charge in [0.2, 0.25) is 5.91 Å². The molecule has 4 heterocycles. The summed E-state index contributed by atoms with van der Waals surface area (Å²) >= 11 is 0. The maximum atomic E-state index is 12.5. The van der Waals surface area contributed by atoms with Crippen LogP contribution in [0, 0.1) is 12.8 Å². The molecule has 3 aromatic rings. The summed E-state index contributed by atoms with van der Waals surface area (Å²) in [4.78, 5) is 27.1. The van der Waals surface area contributed by atoms with Gasteiger partial charge in [-0.1, -0.05) is 5.16 Å². The summed E-state index contributed by atoms with van der Waals surface area (Å²) in [5.41, 5.74) is 0.555. The summed E-state index contributed by atoms with van der Waals surface area (Å²) in [6.07, 6.45) is 6.20. The van der Waals surface area contributed by atoms with Crippen LogP contribution in [0.2, 0.25) is 0 Å². The molecule has 0 radical (unpaired) electrons. The van der Waals surface area contributed by atoms with Gasteiger partial charge in [-0.05, 0) is 24.9 Å². The van der Waals surface area contributed by atoms with E-state index >= 15 is 0 Å². The van der Waals surface area contributed by atoms with E-state index in [1.165, 1.54) is 12.7 Å². The van der Waals surface area contributed by atoms with Crippen molar-refractivity contribution in [2.75, 3.05) is 23.3 Å². The highest BCUT2D eigenvalue weighted by Crippen LogP contribution is 2.23. The van der Waals surface area contributed by atoms with Crippen LogP contribution in [0.4, 0.5) is 11.6 Å². The number of carbonyl (C=O) groups is 1. The number of rotatable bonds is 4. The minimum atomic E-state index is -0.176. The molecule has 1 atom stereocenters. The number of nitrogens with zero attached hydrogens (tertiary/aromatic N) is 8. The Kier molecular flexibility index (Phi) is 4.25. The van der Waals surface area contributed by atoms with Crippen LogP contribution in [-0.2, 0) is 4.79 Å². The van der Waals surface area contributed by atoms with Gasteiger partial charge in [0, 0.05) is 19.2 Å². The number of amides is 1. The predicted molar refractivity (Wildman–Crippen MR) is 89.6 cm³/mol. The van der Waals surface area contributed by atoms with Gasteiger partial charge in [0.25, 0.3) is 0 Å². The second-order valence-corrected chi connectivity index (χ2v) is 6.05. The largest absolute Gasteiger partial charge is 0.356 e. The first-order chi connectivity index (χ1) is 12.7. The molecule has 11 heteroatoms. The topological polar surface area (TPSA) is 128 Å². The van der Waals surface area contributed by atoms with Gasteiger partial charge in [-0.2, -0.15) is 5.10 Å². The van der Waals surface area contributed by atoms with E-state index in [-0.39, 0.29) is 11.8 Å². The van der Waals surface area contributed by atoms with Gasteiger partial charge in [-0.3, -0.25) is 4.79 Å². The molecule has 0 aromatic carbocycles. The van der Waals surface area contributed by atoms with Crippen molar-refractivity contribution in [3.8, 4) is 5.82 Å². The molecule has 4 rings (SSSR count). The Morgan fingerprint density at radius 2 is 2.15 bits per heavy atom. The number of aryl methyl sites for hydroxylation is 1. The molecular formula is C15H17N9O2. The molecule has 1 N–H and O–H groups in total. The van der Waals surface area contributed by atoms with Crippen LogP contribution in [0.5, 0.6) is 0 Å². The SMILES string of the molecule is Cc1nonc1NC(=O)C1CCCN(c2cc(-n3cncn3)ncn2)C1. The van der Waals surface area contributed by atoms with Gasteiger partial charge in [0.1, 0.15) is 30.5 Å². The van der Waals surface area contributed by atoms with E-state index in [9.17, 15) is 4.79 Å². The van der Waals surface area contributed by atoms with E-state index in [0.717, 1.165) is 25.2 Å². The summed E-state index contributed by atoms with van der Waals surface area (Å²) in [6, 6.07) is 1.83. The van der Waals surface area contributed by atoms with E-state index in [1.54, 1.807) is 17.9 Å². The van der Waals surface area contributed by atoms with E-state index < -0.39 is 0 Å². The molecule has 0 aliphatic carbocycles. The molecule has 1 amide bonds. The van der Waals surface area contributed by atoms with Crippen molar-refractivity contribution in [3.05, 3.63) is 30.7 Å². The number of piperidine rings is 1. The number of hydrogen-bond donors (Lipinski definition) is 1. The number of nitrogens with one attached hydrogen (secondary N) is 1. The van der Waals surface area contributed by atoms with Gasteiger partial charge < -0.3 is 10.2 Å². The van der Waals surface area contributed by atoms with E-state index in [1.807, 2.05) is 6.07 Å². The van der Waals surface area contributed by atoms with Crippen molar-refractivity contribution in [1.82, 2.24) is 35.0 Å². The molecule has 11 nitrogen and oxygen atoms in total. The van der Waals surface area contributed by atoms with E-state index in [0.29, 0.717) is 23.9 Å². The third-order valence-electron chi connectivity index (χ3n) is 4.30. The van der Waals surface area contributed by atoms with Crippen molar-refractivity contribution < 1.29 is 9.42 Å². The van der Waals surface area contributed by atoms with Gasteiger partial charge in [-0.15, -0.1) is 0 Å². The van der Waals surface area contributed by atoms with Crippen LogP contribution in [0.25, 0.3) is 5.82 Å². The molecule has 134 valence electrons. The Hall–Kier alpha value is -3.37. The fourth-order valence-electron chi connectivity index (χ4n) is 2.92. The monoisotopic (exact) mass is 355 g/mol. The molecule has 1 saturated heterocycles. The maximum absolute atomic E-state index is 12.5. The summed E-state index contributed by atoms with van der Waals surface area (Å²) in [6.45, 7) is 3.11. The standard InChI is InChI=1S/C15H17N9O2/c1-10-14(22-26-21-10)20-15(25)11-3-2-4-23(6-11)12-5-13(18-8-17-12)24-9-16-7-19-24/h5,7-9,11H,2-4,6H2,1H3,(H,20,22,25). The molecule has 1 aliphatic heterocycles. The average Bonchev–Trinajstić information content (AvgIpc) is 3.35. The highest BCUT2D eigenvalue weighted by atomic mass is 16.6. The molecule has 1 fully saturated rings. The predicted octanol–water partition coefficient (Wildman–Crippen LogP) is 0.604. The molecule has 1 unspecified atom stereocenters. The Labute approximate surface area is 148 Å². The Bertz CT molecular complexity index is 892. The highest BCUT2D eigenvalue weighted by Gasteiger charge is 2.27. The zero-order valence-corrected chi connectivity index (χ0v) is 14.1. The Morgan fingerprint density at radius 1 is 1.27 bits per heavy atom. The number of anilines is 2. The quantitative estimate of drug-likeness (QED) is 0.715. The van der Waals surface area contributed by atoms with Crippen LogP contribution >= 0.6 is 0 Å². The van der Waals surface area contributed by atoms with Crippen LogP contribution in [0.3, 0.4) is 0 Å². The fourth-order valence-corrected chi connectivity index (χ4v) is 2.92. The molecule has 0 bridgehead atoms. The van der Waals surface area contributed by atoms with Crippen LogP contribution in [-0.4, -0.2) is 54.0 Å². The summed E-state index contributed by atoms with van der Waals surface area (Å²) in [5, 5.41) is 14.2. The van der Waals surface area contributed by atoms with Crippen molar-refractivity contribution in [2.45, 2.75) is 19.8 Å². The minimum absolute atomic E-state index is 0.0981. The van der Waals surface area contributed by atoms with Crippen LogP contribution in [0.1, 0.15) is 18.5 Å². The lowest BCUT2D eigenvalue weighted by atomic mass is 9.97. The molecule has 0 saturated carbocycles. The first-order valence-electron chi connectivity index (χ1n) is 8.23. The fraction of sp³-hybridized carbons (Fsp3) is 0.400. The van der Waals surface area contributed by atoms with Crippen molar-refractivity contribution in [2.24, 2.45) is 5.92 Å². The van der Waals surface area contributed by atoms with Crippen LogP contribution in [0.15, 0.2) is 29.7 Å². The third-order valence-corrected chi connectivity index (χ3v) is 4.30. The molecule has 1 aliphatic rings. The molecular weight excluding hydrogens is 338 g/mol. The maximum Gasteiger partial charge on any atom is 0.230 e. The van der Waals surface area contributed by atoms with Gasteiger partial charge in [-0.25, -0.2) is 24.3 Å². The average molecular weight is 355 g/mol. The second-order valence-electron chi connectivity index (χ2n) is 6.05. The minimum Gasteiger partial charge on any atom is -0.356 e. The highest BCUT2D eigenvalue weighted by molar-refractivity contribution is 5.92.